The van der Waals surface area contributed by atoms with E-state index in [-0.39, 0.29) is 6.04 Å². The van der Waals surface area contributed by atoms with Crippen molar-refractivity contribution in [1.29, 1.82) is 0 Å². The van der Waals surface area contributed by atoms with Crippen molar-refractivity contribution in [3.8, 4) is 11.5 Å². The Morgan fingerprint density at radius 1 is 1.10 bits per heavy atom. The minimum absolute atomic E-state index is 0.128. The van der Waals surface area contributed by atoms with Gasteiger partial charge < -0.3 is 14.8 Å². The van der Waals surface area contributed by atoms with Gasteiger partial charge in [-0.3, -0.25) is 0 Å². The van der Waals surface area contributed by atoms with Gasteiger partial charge in [0.05, 0.1) is 20.3 Å². The van der Waals surface area contributed by atoms with Crippen molar-refractivity contribution in [2.24, 2.45) is 0 Å². The highest BCUT2D eigenvalue weighted by Crippen LogP contribution is 2.31. The van der Waals surface area contributed by atoms with Gasteiger partial charge in [-0.25, -0.2) is 4.98 Å². The summed E-state index contributed by atoms with van der Waals surface area (Å²) in [6.45, 7) is 4.13. The lowest BCUT2D eigenvalue weighted by Gasteiger charge is -2.18. The lowest BCUT2D eigenvalue weighted by Crippen LogP contribution is -2.09. The smallest absolute Gasteiger partial charge is 0.161 e. The Labute approximate surface area is 119 Å². The Morgan fingerprint density at radius 2 is 1.85 bits per heavy atom. The third-order valence-electron chi connectivity index (χ3n) is 3.27. The molecule has 0 saturated heterocycles. The van der Waals surface area contributed by atoms with Crippen molar-refractivity contribution in [3.63, 3.8) is 0 Å². The molecule has 1 N–H and O–H groups in total. The highest BCUT2D eigenvalue weighted by molar-refractivity contribution is 5.48. The molecule has 0 spiro atoms. The third kappa shape index (κ3) is 3.02. The second-order valence-corrected chi connectivity index (χ2v) is 4.65. The van der Waals surface area contributed by atoms with E-state index in [9.17, 15) is 0 Å². The monoisotopic (exact) mass is 272 g/mol. The zero-order valence-electron chi connectivity index (χ0n) is 12.3. The van der Waals surface area contributed by atoms with Gasteiger partial charge >= 0.3 is 0 Å². The van der Waals surface area contributed by atoms with Gasteiger partial charge in [-0.05, 0) is 43.2 Å². The number of hydrogen-bond acceptors (Lipinski definition) is 4. The van der Waals surface area contributed by atoms with Crippen LogP contribution in [0.25, 0.3) is 0 Å². The van der Waals surface area contributed by atoms with Crippen LogP contribution < -0.4 is 14.8 Å². The maximum absolute atomic E-state index is 5.33. The molecule has 0 aliphatic heterocycles. The summed E-state index contributed by atoms with van der Waals surface area (Å²) in [5, 5.41) is 3.41. The van der Waals surface area contributed by atoms with Crippen molar-refractivity contribution < 1.29 is 9.47 Å². The molecule has 1 aromatic carbocycles. The number of anilines is 1. The average Bonchev–Trinajstić information content (AvgIpc) is 2.48. The van der Waals surface area contributed by atoms with Crippen LogP contribution in [0.1, 0.15) is 24.1 Å². The van der Waals surface area contributed by atoms with Crippen molar-refractivity contribution in [1.82, 2.24) is 4.98 Å². The number of nitrogens with zero attached hydrogens (tertiary/aromatic N) is 1. The number of pyridine rings is 1. The van der Waals surface area contributed by atoms with Crippen LogP contribution in [0.4, 0.5) is 5.82 Å². The van der Waals surface area contributed by atoms with Crippen LogP contribution in [-0.2, 0) is 0 Å². The van der Waals surface area contributed by atoms with E-state index in [0.29, 0.717) is 0 Å². The summed E-state index contributed by atoms with van der Waals surface area (Å²) in [7, 11) is 3.28. The molecule has 4 nitrogen and oxygen atoms in total. The first kappa shape index (κ1) is 14.2. The molecule has 0 saturated carbocycles. The van der Waals surface area contributed by atoms with Crippen LogP contribution in [-0.4, -0.2) is 19.2 Å². The molecule has 0 aliphatic rings. The van der Waals surface area contributed by atoms with Gasteiger partial charge in [0.25, 0.3) is 0 Å². The molecule has 2 aromatic rings. The molecule has 1 unspecified atom stereocenters. The van der Waals surface area contributed by atoms with Gasteiger partial charge in [-0.1, -0.05) is 12.1 Å². The molecule has 1 heterocycles. The standard InChI is InChI=1S/C16H20N2O2/c1-11-6-5-9-17-16(11)18-12(2)13-7-8-14(19-3)15(10-13)20-4/h5-10,12H,1-4H3,(H,17,18). The van der Waals surface area contributed by atoms with Gasteiger partial charge in [-0.15, -0.1) is 0 Å². The van der Waals surface area contributed by atoms with Gasteiger partial charge in [0.1, 0.15) is 5.82 Å². The van der Waals surface area contributed by atoms with Crippen LogP contribution >= 0.6 is 0 Å². The number of methoxy groups -OCH3 is 2. The van der Waals surface area contributed by atoms with Crippen molar-refractivity contribution in [2.75, 3.05) is 19.5 Å². The topological polar surface area (TPSA) is 43.4 Å². The molecule has 1 aromatic heterocycles. The van der Waals surface area contributed by atoms with E-state index in [1.165, 1.54) is 0 Å². The average molecular weight is 272 g/mol. The maximum Gasteiger partial charge on any atom is 0.161 e. The first-order chi connectivity index (χ1) is 9.65. The molecule has 106 valence electrons. The zero-order valence-corrected chi connectivity index (χ0v) is 12.3. The number of benzene rings is 1. The number of ether oxygens (including phenoxy) is 2. The van der Waals surface area contributed by atoms with Crippen molar-refractivity contribution in [3.05, 3.63) is 47.7 Å². The fourth-order valence-electron chi connectivity index (χ4n) is 2.05. The zero-order chi connectivity index (χ0) is 14.5. The van der Waals surface area contributed by atoms with E-state index in [1.54, 1.807) is 20.4 Å². The number of hydrogen-bond donors (Lipinski definition) is 1. The summed E-state index contributed by atoms with van der Waals surface area (Å²) in [5.41, 5.74) is 2.24. The van der Waals surface area contributed by atoms with E-state index in [0.717, 1.165) is 28.4 Å². The predicted octanol–water partition coefficient (Wildman–Crippen LogP) is 3.58. The molecule has 2 rings (SSSR count). The molecule has 1 atom stereocenters. The minimum Gasteiger partial charge on any atom is -0.493 e. The Kier molecular flexibility index (Phi) is 4.45. The molecule has 0 radical (unpaired) electrons. The normalized spacial score (nSPS) is 11.8. The van der Waals surface area contributed by atoms with Crippen molar-refractivity contribution >= 4 is 5.82 Å². The van der Waals surface area contributed by atoms with Crippen LogP contribution in [0.5, 0.6) is 11.5 Å². The summed E-state index contributed by atoms with van der Waals surface area (Å²) in [5.74, 6) is 2.36. The summed E-state index contributed by atoms with van der Waals surface area (Å²) in [6, 6.07) is 10.0. The van der Waals surface area contributed by atoms with E-state index in [1.807, 2.05) is 37.3 Å². The van der Waals surface area contributed by atoms with E-state index in [4.69, 9.17) is 9.47 Å². The highest BCUT2D eigenvalue weighted by Gasteiger charge is 2.11. The largest absolute Gasteiger partial charge is 0.493 e. The Balaban J connectivity index is 2.21. The molecule has 4 heteroatoms. The summed E-state index contributed by atoms with van der Waals surface area (Å²) in [6.07, 6.45) is 1.79. The Bertz CT molecular complexity index is 584. The predicted molar refractivity (Wildman–Crippen MR) is 80.6 cm³/mol. The molecule has 20 heavy (non-hydrogen) atoms. The number of aromatic nitrogens is 1. The second kappa shape index (κ2) is 6.28. The van der Waals surface area contributed by atoms with Gasteiger partial charge in [-0.2, -0.15) is 0 Å². The fraction of sp³-hybridized carbons (Fsp3) is 0.312. The highest BCUT2D eigenvalue weighted by atomic mass is 16.5. The third-order valence-corrected chi connectivity index (χ3v) is 3.27. The summed E-state index contributed by atoms with van der Waals surface area (Å²) >= 11 is 0. The fourth-order valence-corrected chi connectivity index (χ4v) is 2.05. The van der Waals surface area contributed by atoms with E-state index < -0.39 is 0 Å². The lowest BCUT2D eigenvalue weighted by atomic mass is 10.1. The molecule has 0 aliphatic carbocycles. The number of nitrogens with one attached hydrogen (secondary N) is 1. The number of aryl methyl sites for hydroxylation is 1. The SMILES string of the molecule is COc1ccc(C(C)Nc2ncccc2C)cc1OC. The quantitative estimate of drug-likeness (QED) is 0.903. The molecule has 0 amide bonds. The molecule has 0 bridgehead atoms. The van der Waals surface area contributed by atoms with E-state index in [2.05, 4.69) is 17.2 Å². The molecular weight excluding hydrogens is 252 g/mol. The molecule has 0 fully saturated rings. The summed E-state index contributed by atoms with van der Waals surface area (Å²) in [4.78, 5) is 4.35. The maximum atomic E-state index is 5.33. The van der Waals surface area contributed by atoms with Crippen molar-refractivity contribution in [2.45, 2.75) is 19.9 Å². The van der Waals surface area contributed by atoms with Crippen LogP contribution in [0.2, 0.25) is 0 Å². The second-order valence-electron chi connectivity index (χ2n) is 4.65. The molecular formula is C16H20N2O2. The van der Waals surface area contributed by atoms with E-state index >= 15 is 0 Å². The lowest BCUT2D eigenvalue weighted by molar-refractivity contribution is 0.354. The summed E-state index contributed by atoms with van der Waals surface area (Å²) < 4.78 is 10.6. The van der Waals surface area contributed by atoms with Gasteiger partial charge in [0.15, 0.2) is 11.5 Å². The van der Waals surface area contributed by atoms with Crippen LogP contribution in [0.3, 0.4) is 0 Å². The Morgan fingerprint density at radius 3 is 2.50 bits per heavy atom. The van der Waals surface area contributed by atoms with Crippen LogP contribution in [0.15, 0.2) is 36.5 Å². The number of rotatable bonds is 5. The first-order valence-electron chi connectivity index (χ1n) is 6.55. The first-order valence-corrected chi connectivity index (χ1v) is 6.55. The van der Waals surface area contributed by atoms with Gasteiger partial charge in [0, 0.05) is 6.20 Å². The van der Waals surface area contributed by atoms with Gasteiger partial charge in [0.2, 0.25) is 0 Å². The van der Waals surface area contributed by atoms with Crippen LogP contribution in [0, 0.1) is 6.92 Å². The Hall–Kier alpha value is -2.23. The minimum atomic E-state index is 0.128.